The molecule has 0 aliphatic heterocycles. The number of aliphatic carboxylic acids is 2. The maximum Gasteiger partial charge on any atom is 0.339 e. The van der Waals surface area contributed by atoms with E-state index in [4.69, 9.17) is 56.8 Å². The van der Waals surface area contributed by atoms with Crippen LogP contribution in [0.2, 0.25) is 0 Å². The van der Waals surface area contributed by atoms with Crippen molar-refractivity contribution < 1.29 is 140 Å². The van der Waals surface area contributed by atoms with Crippen LogP contribution in [0.25, 0.3) is 22.3 Å². The Labute approximate surface area is 842 Å². The summed E-state index contributed by atoms with van der Waals surface area (Å²) < 4.78 is 72.0. The number of hydrogen-bond acceptors (Lipinski definition) is 25. The number of rotatable bonds is 50. The summed E-state index contributed by atoms with van der Waals surface area (Å²) in [6.45, 7) is 17.7. The van der Waals surface area contributed by atoms with E-state index in [0.717, 1.165) is 121 Å². The van der Waals surface area contributed by atoms with E-state index in [1.54, 1.807) is 101 Å². The first-order chi connectivity index (χ1) is 70.5. The Bertz CT molecular complexity index is 6600. The predicted octanol–water partition coefficient (Wildman–Crippen LogP) is 18.3. The Morgan fingerprint density at radius 2 is 0.630 bits per heavy atom. The molecule has 29 heteroatoms. The van der Waals surface area contributed by atoms with Gasteiger partial charge in [-0.15, -0.1) is 0 Å². The van der Waals surface area contributed by atoms with Crippen LogP contribution in [0.15, 0.2) is 305 Å². The van der Waals surface area contributed by atoms with Crippen LogP contribution in [0, 0.1) is 23.7 Å². The number of ketones is 3. The predicted molar refractivity (Wildman–Crippen MR) is 535 cm³/mol. The van der Waals surface area contributed by atoms with Crippen LogP contribution < -0.4 is 18.9 Å². The van der Waals surface area contributed by atoms with E-state index in [-0.39, 0.29) is 106 Å². The smallest absolute Gasteiger partial charge is 0.339 e. The number of allylic oxidation sites excluding steroid dienone is 4. The zero-order valence-electron chi connectivity index (χ0n) is 80.8. The minimum Gasteiger partial charge on any atom is -0.491 e. The van der Waals surface area contributed by atoms with Crippen molar-refractivity contribution in [3.8, 4) is 45.3 Å². The summed E-state index contributed by atoms with van der Waals surface area (Å²) in [6.07, 6.45) is 6.95. The molecule has 14 rings (SSSR count). The molecule has 0 spiro atoms. The summed E-state index contributed by atoms with van der Waals surface area (Å²) >= 11 is 0. The van der Waals surface area contributed by atoms with Crippen molar-refractivity contribution in [3.63, 3.8) is 0 Å². The average Bonchev–Trinajstić information content (AvgIpc) is 1.54. The SMILES string of the molecule is C=CC(=O)OCC(COc1ccc(C2(c3ccc(OCC(COC(=O)C=C)OC(CC)(CC)C(=O)C4CC=CCC4C(=O)O)cc3)c3ccccc3-c3ccccc32)cc1)OC(=O)c1ccc(C(=O)c2ccc(C(=O)C(CC)(CC)OC(COC(=O)C=C)COc3ccc(C4(c5ccc(OCC(COC(=O)C=C)OC(=O)C6CC=CCC6C(=O)O)cc5)c5ccccc5-c5ccccc54)cc3)c(C(=O)O)c2)cc1C(=O)O. The van der Waals surface area contributed by atoms with Gasteiger partial charge in [0, 0.05) is 46.9 Å². The second-order valence-electron chi connectivity index (χ2n) is 35.5. The lowest BCUT2D eigenvalue weighted by atomic mass is 9.68. The molecular weight excluding hydrogens is 1870 g/mol. The number of carbonyl (C=O) groups is 13. The van der Waals surface area contributed by atoms with Crippen LogP contribution in [-0.4, -0.2) is 186 Å². The minimum absolute atomic E-state index is 0.0734. The third-order valence-electron chi connectivity index (χ3n) is 27.2. The quantitative estimate of drug-likeness (QED) is 0.00904. The van der Waals surface area contributed by atoms with Crippen molar-refractivity contribution in [3.05, 3.63) is 383 Å². The summed E-state index contributed by atoms with van der Waals surface area (Å²) in [4.78, 5) is 174. The number of fused-ring (bicyclic) bond motifs is 6. The zero-order chi connectivity index (χ0) is 104. The van der Waals surface area contributed by atoms with Gasteiger partial charge >= 0.3 is 59.7 Å². The molecule has 0 heterocycles. The number of ether oxygens (including phenoxy) is 12. The number of carboxylic acid groups (broad SMARTS) is 4. The van der Waals surface area contributed by atoms with E-state index in [0.29, 0.717) is 17.2 Å². The minimum atomic E-state index is -1.85. The number of hydrogen-bond donors (Lipinski definition) is 4. The van der Waals surface area contributed by atoms with E-state index >= 15 is 4.79 Å². The Hall–Kier alpha value is -16.5. The summed E-state index contributed by atoms with van der Waals surface area (Å²) in [7, 11) is 0. The first-order valence-electron chi connectivity index (χ1n) is 47.9. The molecular formula is C117H110O29. The molecule has 0 bridgehead atoms. The highest BCUT2D eigenvalue weighted by molar-refractivity contribution is 6.15. The number of aromatic carboxylic acids is 2. The largest absolute Gasteiger partial charge is 0.491 e. The maximum atomic E-state index is 15.3. The van der Waals surface area contributed by atoms with Crippen molar-refractivity contribution in [1.82, 2.24) is 0 Å². The second kappa shape index (κ2) is 47.1. The molecule has 4 N–H and O–H groups in total. The molecule has 752 valence electrons. The number of Topliss-reactive ketones (excluding diaryl/α,β-unsaturated/α-hetero) is 2. The topological polar surface area (TPSA) is 414 Å². The molecule has 0 saturated heterocycles. The Morgan fingerprint density at radius 1 is 0.336 bits per heavy atom. The van der Waals surface area contributed by atoms with E-state index in [9.17, 15) is 78.0 Å². The van der Waals surface area contributed by atoms with Crippen molar-refractivity contribution >= 4 is 77.0 Å². The highest BCUT2D eigenvalue weighted by atomic mass is 16.6. The molecule has 0 aromatic heterocycles. The van der Waals surface area contributed by atoms with Crippen LogP contribution in [0.3, 0.4) is 0 Å². The molecule has 0 fully saturated rings. The van der Waals surface area contributed by atoms with Crippen LogP contribution in [0.5, 0.6) is 23.0 Å². The van der Waals surface area contributed by atoms with Crippen LogP contribution in [0.1, 0.15) is 181 Å². The van der Waals surface area contributed by atoms with Gasteiger partial charge in [-0.25, -0.2) is 33.6 Å². The van der Waals surface area contributed by atoms with E-state index in [2.05, 4.69) is 26.3 Å². The van der Waals surface area contributed by atoms with Gasteiger partial charge in [0.25, 0.3) is 0 Å². The first kappa shape index (κ1) is 105. The fraction of sp³-hybridized carbons (Fsp3) is 0.274. The summed E-state index contributed by atoms with van der Waals surface area (Å²) in [6, 6.07) is 67.5. The summed E-state index contributed by atoms with van der Waals surface area (Å²) in [5, 5.41) is 41.7. The fourth-order valence-corrected chi connectivity index (χ4v) is 19.7. The lowest BCUT2D eigenvalue weighted by Gasteiger charge is -2.38. The molecule has 4 aliphatic carbocycles. The monoisotopic (exact) mass is 1980 g/mol. The summed E-state index contributed by atoms with van der Waals surface area (Å²) in [5.41, 5.74) is 2.72. The number of benzene rings is 10. The Morgan fingerprint density at radius 3 is 0.966 bits per heavy atom. The Balaban J connectivity index is 0.662. The van der Waals surface area contributed by atoms with Crippen LogP contribution in [-0.2, 0) is 87.1 Å². The van der Waals surface area contributed by atoms with E-state index in [1.807, 2.05) is 146 Å². The second-order valence-corrected chi connectivity index (χ2v) is 35.5. The lowest BCUT2D eigenvalue weighted by Crippen LogP contribution is -2.51. The number of carboxylic acids is 4. The maximum absolute atomic E-state index is 15.3. The first-order valence-corrected chi connectivity index (χ1v) is 47.9. The number of carbonyl (C=O) groups excluding carboxylic acids is 9. The van der Waals surface area contributed by atoms with Gasteiger partial charge in [0.15, 0.2) is 29.6 Å². The lowest BCUT2D eigenvalue weighted by molar-refractivity contribution is -0.174. The molecule has 10 aromatic carbocycles. The third-order valence-corrected chi connectivity index (χ3v) is 27.2. The van der Waals surface area contributed by atoms with Crippen molar-refractivity contribution in [2.24, 2.45) is 23.7 Å². The van der Waals surface area contributed by atoms with Gasteiger partial charge in [-0.05, 0) is 191 Å². The van der Waals surface area contributed by atoms with Crippen molar-refractivity contribution in [1.29, 1.82) is 0 Å². The molecule has 146 heavy (non-hydrogen) atoms. The standard InChI is InChI=1S/C117H110O29/c1-9-101(118)139-65-81(143-112(133)93-36-20-19-35-92(93)109(127)128)63-135-77-51-43-73(44-52-77)116(97-37-25-21-29-85(97)86-30-22-26-38-98(86)116)76-49-57-80(58-50-76)138-68-84(70-142-104(121)12-4)146-115(15-7,16-8)107(124)90-59-41-71(61-95(90)110(129)130)105(122)72-42-60-94(96(62-72)111(131)132)113(134)144-82(66-140-102(119)10-2)64-136-78-53-45-74(46-54-78)117(99-39-27-23-31-87(99)88-32-24-28-40-100(88)117)75-47-55-79(56-48-75)137-67-83(69-141-103(120)11-3)145-114(13-5,14-6)106(123)89-33-17-18-34-91(89)108(125)126/h9-12,17-32,37-62,81-84,89,91-93H,1-4,13-16,33-36,63-70H2,5-8H3,(H,125,126)(H,127,128)(H,129,130)(H,131,132). The molecule has 0 amide bonds. The Kier molecular flexibility index (Phi) is 34.0. The summed E-state index contributed by atoms with van der Waals surface area (Å²) in [5.74, 6) is -15.3. The van der Waals surface area contributed by atoms with Crippen molar-refractivity contribution in [2.75, 3.05) is 52.9 Å². The fourth-order valence-electron chi connectivity index (χ4n) is 19.7. The average molecular weight is 1980 g/mol. The van der Waals surface area contributed by atoms with Gasteiger partial charge in [0.05, 0.1) is 45.3 Å². The van der Waals surface area contributed by atoms with Crippen LogP contribution in [0.4, 0.5) is 0 Å². The highest BCUT2D eigenvalue weighted by Gasteiger charge is 2.51. The van der Waals surface area contributed by atoms with Gasteiger partial charge in [-0.3, -0.25) is 28.8 Å². The molecule has 8 unspecified atom stereocenters. The molecule has 8 atom stereocenters. The molecule has 10 aromatic rings. The van der Waals surface area contributed by atoms with E-state index < -0.39 is 184 Å². The number of esters is 6. The van der Waals surface area contributed by atoms with Crippen LogP contribution >= 0.6 is 0 Å². The molecule has 29 nitrogen and oxygen atoms in total. The van der Waals surface area contributed by atoms with Crippen molar-refractivity contribution in [2.45, 2.75) is 126 Å². The zero-order valence-corrected chi connectivity index (χ0v) is 80.8. The molecule has 4 aliphatic rings. The normalized spacial score (nSPS) is 16.2. The highest BCUT2D eigenvalue weighted by Crippen LogP contribution is 2.59. The van der Waals surface area contributed by atoms with Gasteiger partial charge in [-0.2, -0.15) is 0 Å². The van der Waals surface area contributed by atoms with E-state index in [1.165, 1.54) is 6.07 Å². The van der Waals surface area contributed by atoms with Gasteiger partial charge in [-0.1, -0.05) is 236 Å². The van der Waals surface area contributed by atoms with Gasteiger partial charge < -0.3 is 77.3 Å². The molecule has 0 saturated carbocycles. The molecule has 0 radical (unpaired) electrons. The van der Waals surface area contributed by atoms with Gasteiger partial charge in [0.1, 0.15) is 99.3 Å². The van der Waals surface area contributed by atoms with Gasteiger partial charge in [0.2, 0.25) is 0 Å². The third kappa shape index (κ3) is 22.4.